The maximum atomic E-state index is 11.8. The molecule has 10 nitrogen and oxygen atoms in total. The molecule has 0 amide bonds. The lowest BCUT2D eigenvalue weighted by Gasteiger charge is -2.13. The van der Waals surface area contributed by atoms with Crippen molar-refractivity contribution in [1.29, 1.82) is 0 Å². The Balaban J connectivity index is 2.28. The fraction of sp³-hybridized carbons (Fsp3) is 0.588. The Morgan fingerprint density at radius 2 is 1.52 bits per heavy atom. The number of carbonyl (C=O) groups is 1. The van der Waals surface area contributed by atoms with Crippen molar-refractivity contribution in [3.8, 4) is 0 Å². The molecule has 27 heavy (non-hydrogen) atoms. The molecule has 0 saturated heterocycles. The van der Waals surface area contributed by atoms with Crippen LogP contribution in [-0.2, 0) is 9.53 Å². The average Bonchev–Trinajstić information content (AvgIpc) is 2.67. The van der Waals surface area contributed by atoms with E-state index in [0.29, 0.717) is 41.2 Å². The van der Waals surface area contributed by atoms with Crippen LogP contribution in [0.2, 0.25) is 0 Å². The van der Waals surface area contributed by atoms with Crippen LogP contribution in [0.15, 0.2) is 0 Å². The fourth-order valence-electron chi connectivity index (χ4n) is 2.22. The van der Waals surface area contributed by atoms with E-state index >= 15 is 0 Å². The minimum atomic E-state index is -0.359. The van der Waals surface area contributed by atoms with E-state index in [9.17, 15) is 4.79 Å². The van der Waals surface area contributed by atoms with Crippen LogP contribution < -0.4 is 21.3 Å². The number of rotatable bonds is 10. The second-order valence-corrected chi connectivity index (χ2v) is 6.35. The van der Waals surface area contributed by atoms with Gasteiger partial charge in [-0.05, 0) is 12.3 Å². The first-order valence-electron chi connectivity index (χ1n) is 9.07. The first kappa shape index (κ1) is 20.4. The van der Waals surface area contributed by atoms with Gasteiger partial charge in [-0.1, -0.05) is 20.8 Å². The van der Waals surface area contributed by atoms with E-state index in [-0.39, 0.29) is 18.4 Å². The number of fused-ring (bicyclic) bond motifs is 1. The number of esters is 1. The molecule has 2 rings (SSSR count). The van der Waals surface area contributed by atoms with Crippen molar-refractivity contribution in [1.82, 2.24) is 19.9 Å². The summed E-state index contributed by atoms with van der Waals surface area (Å²) in [6, 6.07) is 0. The van der Waals surface area contributed by atoms with Gasteiger partial charge in [0.15, 0.2) is 11.6 Å². The van der Waals surface area contributed by atoms with E-state index in [1.54, 1.807) is 14.1 Å². The first-order chi connectivity index (χ1) is 13.0. The Bertz CT molecular complexity index is 781. The predicted octanol–water partition coefficient (Wildman–Crippen LogP) is 1.94. The Hall–Kier alpha value is -2.91. The monoisotopic (exact) mass is 376 g/mol. The molecule has 2 aromatic rings. The Morgan fingerprint density at radius 1 is 0.963 bits per heavy atom. The van der Waals surface area contributed by atoms with E-state index in [0.717, 1.165) is 13.0 Å². The van der Waals surface area contributed by atoms with Crippen LogP contribution in [-0.4, -0.2) is 59.7 Å². The zero-order chi connectivity index (χ0) is 19.8. The molecule has 0 radical (unpaired) electrons. The van der Waals surface area contributed by atoms with Gasteiger partial charge < -0.3 is 26.0 Å². The predicted molar refractivity (Wildman–Crippen MR) is 107 cm³/mol. The molecule has 0 aliphatic heterocycles. The van der Waals surface area contributed by atoms with Crippen molar-refractivity contribution in [2.45, 2.75) is 27.2 Å². The number of carbonyl (C=O) groups excluding carboxylic acids is 1. The van der Waals surface area contributed by atoms with Gasteiger partial charge in [0, 0.05) is 20.6 Å². The molecule has 0 aliphatic carbocycles. The van der Waals surface area contributed by atoms with E-state index in [4.69, 9.17) is 4.74 Å². The van der Waals surface area contributed by atoms with Gasteiger partial charge in [0.2, 0.25) is 11.9 Å². The zero-order valence-electron chi connectivity index (χ0n) is 16.5. The van der Waals surface area contributed by atoms with Crippen molar-refractivity contribution >= 4 is 40.5 Å². The summed E-state index contributed by atoms with van der Waals surface area (Å²) in [6.45, 7) is 7.16. The van der Waals surface area contributed by atoms with Crippen molar-refractivity contribution in [3.05, 3.63) is 0 Å². The Labute approximate surface area is 158 Å². The highest BCUT2D eigenvalue weighted by molar-refractivity contribution is 5.94. The smallest absolute Gasteiger partial charge is 0.325 e. The molecule has 0 aliphatic rings. The van der Waals surface area contributed by atoms with Crippen LogP contribution in [0.4, 0.5) is 23.5 Å². The third kappa shape index (κ3) is 5.53. The SMILES string of the molecule is CCCNc1nc(NC)c2nc(NCC(=O)OCC(C)C)nc(NC)c2n1. The van der Waals surface area contributed by atoms with Crippen LogP contribution in [0.1, 0.15) is 27.2 Å². The Kier molecular flexibility index (Phi) is 7.33. The molecule has 0 bridgehead atoms. The number of ether oxygens (including phenoxy) is 1. The topological polar surface area (TPSA) is 126 Å². The minimum Gasteiger partial charge on any atom is -0.464 e. The van der Waals surface area contributed by atoms with E-state index in [2.05, 4.69) is 48.1 Å². The third-order valence-corrected chi connectivity index (χ3v) is 3.52. The van der Waals surface area contributed by atoms with Gasteiger partial charge in [-0.3, -0.25) is 4.79 Å². The van der Waals surface area contributed by atoms with Gasteiger partial charge in [-0.15, -0.1) is 0 Å². The summed E-state index contributed by atoms with van der Waals surface area (Å²) >= 11 is 0. The fourth-order valence-corrected chi connectivity index (χ4v) is 2.22. The molecular formula is C17H28N8O2. The molecule has 0 spiro atoms. The molecule has 0 atom stereocenters. The normalized spacial score (nSPS) is 10.7. The highest BCUT2D eigenvalue weighted by Gasteiger charge is 2.15. The van der Waals surface area contributed by atoms with Gasteiger partial charge in [0.25, 0.3) is 0 Å². The lowest BCUT2D eigenvalue weighted by molar-refractivity contribution is -0.142. The standard InChI is InChI=1S/C17H28N8O2/c1-6-7-20-16-22-12-13(14(18-4)24-16)23-17(25-15(12)19-5)21-8-11(26)27-9-10(2)3/h10H,6-9H2,1-5H3,(H2,18,20,22,24)(H2,19,21,23,25). The summed E-state index contributed by atoms with van der Waals surface area (Å²) in [5.74, 6) is 1.84. The largest absolute Gasteiger partial charge is 0.464 e. The van der Waals surface area contributed by atoms with Gasteiger partial charge in [-0.2, -0.15) is 9.97 Å². The number of anilines is 4. The van der Waals surface area contributed by atoms with Crippen molar-refractivity contribution in [2.75, 3.05) is 55.1 Å². The minimum absolute atomic E-state index is 0.0206. The molecular weight excluding hydrogens is 348 g/mol. The van der Waals surface area contributed by atoms with Gasteiger partial charge in [0.05, 0.1) is 6.61 Å². The van der Waals surface area contributed by atoms with E-state index in [1.807, 2.05) is 13.8 Å². The summed E-state index contributed by atoms with van der Waals surface area (Å²) in [4.78, 5) is 29.6. The zero-order valence-corrected chi connectivity index (χ0v) is 16.5. The van der Waals surface area contributed by atoms with Crippen LogP contribution in [0.25, 0.3) is 11.0 Å². The number of nitrogens with zero attached hydrogens (tertiary/aromatic N) is 4. The number of hydrogen-bond donors (Lipinski definition) is 4. The first-order valence-corrected chi connectivity index (χ1v) is 9.07. The molecule has 0 unspecified atom stereocenters. The summed E-state index contributed by atoms with van der Waals surface area (Å²) in [5, 5.41) is 12.1. The van der Waals surface area contributed by atoms with Crippen molar-refractivity contribution in [2.24, 2.45) is 5.92 Å². The average molecular weight is 376 g/mol. The van der Waals surface area contributed by atoms with Crippen molar-refractivity contribution < 1.29 is 9.53 Å². The van der Waals surface area contributed by atoms with Crippen LogP contribution in [0.3, 0.4) is 0 Å². The van der Waals surface area contributed by atoms with Crippen LogP contribution >= 0.6 is 0 Å². The summed E-state index contributed by atoms with van der Waals surface area (Å²) in [7, 11) is 3.52. The number of aromatic nitrogens is 4. The molecule has 2 heterocycles. The quantitative estimate of drug-likeness (QED) is 0.457. The molecule has 4 N–H and O–H groups in total. The van der Waals surface area contributed by atoms with Gasteiger partial charge in [0.1, 0.15) is 17.6 Å². The molecule has 10 heteroatoms. The Morgan fingerprint density at radius 3 is 2.00 bits per heavy atom. The van der Waals surface area contributed by atoms with Crippen LogP contribution in [0, 0.1) is 5.92 Å². The maximum Gasteiger partial charge on any atom is 0.325 e. The van der Waals surface area contributed by atoms with Crippen molar-refractivity contribution in [3.63, 3.8) is 0 Å². The van der Waals surface area contributed by atoms with Crippen LogP contribution in [0.5, 0.6) is 0 Å². The lowest BCUT2D eigenvalue weighted by Crippen LogP contribution is -2.20. The number of nitrogens with one attached hydrogen (secondary N) is 4. The van der Waals surface area contributed by atoms with E-state index < -0.39 is 0 Å². The molecule has 0 saturated carbocycles. The molecule has 0 fully saturated rings. The van der Waals surface area contributed by atoms with Gasteiger partial charge >= 0.3 is 5.97 Å². The highest BCUT2D eigenvalue weighted by Crippen LogP contribution is 2.26. The summed E-state index contributed by atoms with van der Waals surface area (Å²) in [6.07, 6.45) is 0.960. The summed E-state index contributed by atoms with van der Waals surface area (Å²) < 4.78 is 5.15. The number of hydrogen-bond acceptors (Lipinski definition) is 10. The lowest BCUT2D eigenvalue weighted by atomic mass is 10.2. The second kappa shape index (κ2) is 9.70. The third-order valence-electron chi connectivity index (χ3n) is 3.52. The van der Waals surface area contributed by atoms with Gasteiger partial charge in [-0.25, -0.2) is 9.97 Å². The molecule has 0 aromatic carbocycles. The molecule has 2 aromatic heterocycles. The second-order valence-electron chi connectivity index (χ2n) is 6.35. The highest BCUT2D eigenvalue weighted by atomic mass is 16.5. The summed E-state index contributed by atoms with van der Waals surface area (Å²) in [5.41, 5.74) is 1.14. The maximum absolute atomic E-state index is 11.8. The molecule has 148 valence electrons. The van der Waals surface area contributed by atoms with E-state index in [1.165, 1.54) is 0 Å².